The van der Waals surface area contributed by atoms with E-state index in [-0.39, 0.29) is 11.3 Å². The van der Waals surface area contributed by atoms with E-state index in [2.05, 4.69) is 50.4 Å². The second-order valence-corrected chi connectivity index (χ2v) is 6.77. The van der Waals surface area contributed by atoms with Crippen molar-refractivity contribution >= 4 is 0 Å². The van der Waals surface area contributed by atoms with Crippen LogP contribution in [0.25, 0.3) is 0 Å². The minimum atomic E-state index is -0.715. The summed E-state index contributed by atoms with van der Waals surface area (Å²) in [5.74, 6) is 0.191. The van der Waals surface area contributed by atoms with Crippen LogP contribution in [0.2, 0.25) is 0 Å². The second kappa shape index (κ2) is 6.04. The molecule has 0 aliphatic carbocycles. The summed E-state index contributed by atoms with van der Waals surface area (Å²) in [7, 11) is 0. The van der Waals surface area contributed by atoms with Crippen LogP contribution in [-0.2, 0) is 11.8 Å². The van der Waals surface area contributed by atoms with Gasteiger partial charge in [-0.2, -0.15) is 0 Å². The standard InChI is InChI=1S/C17H26FN/c1-17(2,3)15-8-6-13(7-9-15)11-16(18)14-5-4-10-19-12-14/h6-9,14,16,19H,4-5,10-12H2,1-3H3. The molecule has 2 heteroatoms. The lowest BCUT2D eigenvalue weighted by molar-refractivity contribution is 0.191. The fraction of sp³-hybridized carbons (Fsp3) is 0.647. The predicted octanol–water partition coefficient (Wildman–Crippen LogP) is 3.86. The van der Waals surface area contributed by atoms with Crippen LogP contribution in [0, 0.1) is 5.92 Å². The van der Waals surface area contributed by atoms with Crippen molar-refractivity contribution < 1.29 is 4.39 Å². The molecule has 1 heterocycles. The van der Waals surface area contributed by atoms with Gasteiger partial charge in [0.15, 0.2) is 0 Å². The van der Waals surface area contributed by atoms with Gasteiger partial charge in [0.2, 0.25) is 0 Å². The van der Waals surface area contributed by atoms with E-state index >= 15 is 0 Å². The zero-order chi connectivity index (χ0) is 13.9. The van der Waals surface area contributed by atoms with Gasteiger partial charge in [-0.1, -0.05) is 45.0 Å². The SMILES string of the molecule is CC(C)(C)c1ccc(CC(F)C2CCCNC2)cc1. The van der Waals surface area contributed by atoms with Gasteiger partial charge in [0.1, 0.15) is 6.17 Å². The Morgan fingerprint density at radius 2 is 1.95 bits per heavy atom. The summed E-state index contributed by atoms with van der Waals surface area (Å²) in [6.07, 6.45) is 1.97. The molecule has 0 radical (unpaired) electrons. The molecule has 1 fully saturated rings. The van der Waals surface area contributed by atoms with Gasteiger partial charge in [-0.25, -0.2) is 4.39 Å². The van der Waals surface area contributed by atoms with E-state index in [0.717, 1.165) is 31.5 Å². The molecule has 0 saturated carbocycles. The number of nitrogens with one attached hydrogen (secondary N) is 1. The Balaban J connectivity index is 1.95. The maximum Gasteiger partial charge on any atom is 0.108 e. The lowest BCUT2D eigenvalue weighted by Gasteiger charge is -2.26. The first-order chi connectivity index (χ1) is 8.97. The molecule has 0 amide bonds. The number of benzene rings is 1. The maximum absolute atomic E-state index is 14.3. The fourth-order valence-electron chi connectivity index (χ4n) is 2.72. The van der Waals surface area contributed by atoms with Crippen molar-refractivity contribution in [3.63, 3.8) is 0 Å². The lowest BCUT2D eigenvalue weighted by atomic mass is 9.85. The molecular weight excluding hydrogens is 237 g/mol. The molecule has 1 aliphatic rings. The number of halogens is 1. The summed E-state index contributed by atoms with van der Waals surface area (Å²) in [4.78, 5) is 0. The molecule has 2 atom stereocenters. The van der Waals surface area contributed by atoms with E-state index < -0.39 is 6.17 Å². The van der Waals surface area contributed by atoms with Crippen LogP contribution in [0.4, 0.5) is 4.39 Å². The van der Waals surface area contributed by atoms with Crippen LogP contribution in [0.3, 0.4) is 0 Å². The Morgan fingerprint density at radius 3 is 2.47 bits per heavy atom. The molecule has 1 aliphatic heterocycles. The van der Waals surface area contributed by atoms with Crippen molar-refractivity contribution in [2.45, 2.75) is 51.6 Å². The highest BCUT2D eigenvalue weighted by Gasteiger charge is 2.23. The summed E-state index contributed by atoms with van der Waals surface area (Å²) in [5.41, 5.74) is 2.60. The van der Waals surface area contributed by atoms with Crippen LogP contribution in [0.15, 0.2) is 24.3 Å². The first kappa shape index (κ1) is 14.5. The zero-order valence-corrected chi connectivity index (χ0v) is 12.4. The third kappa shape index (κ3) is 4.04. The zero-order valence-electron chi connectivity index (χ0n) is 12.4. The van der Waals surface area contributed by atoms with Crippen LogP contribution >= 0.6 is 0 Å². The van der Waals surface area contributed by atoms with E-state index in [0.29, 0.717) is 6.42 Å². The van der Waals surface area contributed by atoms with Gasteiger partial charge in [-0.3, -0.25) is 0 Å². The first-order valence-electron chi connectivity index (χ1n) is 7.41. The predicted molar refractivity (Wildman–Crippen MR) is 79.3 cm³/mol. The molecule has 0 bridgehead atoms. The molecule has 0 aromatic heterocycles. The van der Waals surface area contributed by atoms with Gasteiger partial charge in [0.05, 0.1) is 0 Å². The van der Waals surface area contributed by atoms with Crippen LogP contribution in [-0.4, -0.2) is 19.3 Å². The van der Waals surface area contributed by atoms with E-state index in [1.165, 1.54) is 5.56 Å². The quantitative estimate of drug-likeness (QED) is 0.873. The molecule has 106 valence electrons. The largest absolute Gasteiger partial charge is 0.316 e. The summed E-state index contributed by atoms with van der Waals surface area (Å²) in [6, 6.07) is 8.45. The molecule has 1 saturated heterocycles. The minimum absolute atomic E-state index is 0.168. The average molecular weight is 263 g/mol. The van der Waals surface area contributed by atoms with Gasteiger partial charge < -0.3 is 5.32 Å². The lowest BCUT2D eigenvalue weighted by Crippen LogP contribution is -2.35. The Hall–Kier alpha value is -0.890. The number of hydrogen-bond donors (Lipinski definition) is 1. The number of hydrogen-bond acceptors (Lipinski definition) is 1. The van der Waals surface area contributed by atoms with E-state index in [1.807, 2.05) is 0 Å². The smallest absolute Gasteiger partial charge is 0.108 e. The van der Waals surface area contributed by atoms with Crippen molar-refractivity contribution in [2.75, 3.05) is 13.1 Å². The van der Waals surface area contributed by atoms with E-state index in [9.17, 15) is 4.39 Å². The number of piperidine rings is 1. The van der Waals surface area contributed by atoms with Crippen LogP contribution in [0.1, 0.15) is 44.7 Å². The summed E-state index contributed by atoms with van der Waals surface area (Å²) >= 11 is 0. The average Bonchev–Trinajstić information content (AvgIpc) is 2.39. The molecule has 1 aromatic carbocycles. The summed E-state index contributed by atoms with van der Waals surface area (Å²) in [6.45, 7) is 8.49. The van der Waals surface area contributed by atoms with Crippen LogP contribution in [0.5, 0.6) is 0 Å². The fourth-order valence-corrected chi connectivity index (χ4v) is 2.72. The highest BCUT2D eigenvalue weighted by atomic mass is 19.1. The molecule has 19 heavy (non-hydrogen) atoms. The maximum atomic E-state index is 14.3. The molecule has 1 aromatic rings. The topological polar surface area (TPSA) is 12.0 Å². The minimum Gasteiger partial charge on any atom is -0.316 e. The molecule has 2 unspecified atom stereocenters. The number of rotatable bonds is 3. The molecule has 1 nitrogen and oxygen atoms in total. The monoisotopic (exact) mass is 263 g/mol. The first-order valence-corrected chi connectivity index (χ1v) is 7.41. The highest BCUT2D eigenvalue weighted by molar-refractivity contribution is 5.27. The second-order valence-electron chi connectivity index (χ2n) is 6.77. The molecular formula is C17H26FN. The van der Waals surface area contributed by atoms with Crippen LogP contribution < -0.4 is 5.32 Å². The van der Waals surface area contributed by atoms with Gasteiger partial charge >= 0.3 is 0 Å². The van der Waals surface area contributed by atoms with Gasteiger partial charge in [0.25, 0.3) is 0 Å². The molecule has 0 spiro atoms. The summed E-state index contributed by atoms with van der Waals surface area (Å²) < 4.78 is 14.3. The molecule has 2 rings (SSSR count). The van der Waals surface area contributed by atoms with Gasteiger partial charge in [0, 0.05) is 18.9 Å². The van der Waals surface area contributed by atoms with Crippen molar-refractivity contribution in [3.05, 3.63) is 35.4 Å². The Labute approximate surface area is 116 Å². The third-order valence-electron chi connectivity index (χ3n) is 4.10. The van der Waals surface area contributed by atoms with Crippen molar-refractivity contribution in [1.82, 2.24) is 5.32 Å². The van der Waals surface area contributed by atoms with Crippen molar-refractivity contribution in [3.8, 4) is 0 Å². The van der Waals surface area contributed by atoms with Crippen molar-refractivity contribution in [1.29, 1.82) is 0 Å². The van der Waals surface area contributed by atoms with E-state index in [4.69, 9.17) is 0 Å². The summed E-state index contributed by atoms with van der Waals surface area (Å²) in [5, 5.41) is 3.29. The normalized spacial score (nSPS) is 22.2. The van der Waals surface area contributed by atoms with Gasteiger partial charge in [-0.15, -0.1) is 0 Å². The van der Waals surface area contributed by atoms with Gasteiger partial charge in [-0.05, 0) is 35.9 Å². The molecule has 1 N–H and O–H groups in total. The highest BCUT2D eigenvalue weighted by Crippen LogP contribution is 2.24. The Kier molecular flexibility index (Phi) is 4.62. The van der Waals surface area contributed by atoms with E-state index in [1.54, 1.807) is 0 Å². The Morgan fingerprint density at radius 1 is 1.26 bits per heavy atom. The van der Waals surface area contributed by atoms with Crippen molar-refractivity contribution in [2.24, 2.45) is 5.92 Å². The third-order valence-corrected chi connectivity index (χ3v) is 4.10. The Bertz CT molecular complexity index is 385. The number of alkyl halides is 1.